The maximum Gasteiger partial charge on any atom is 0.0972 e. The van der Waals surface area contributed by atoms with E-state index in [9.17, 15) is 0 Å². The zero-order valence-corrected chi connectivity index (χ0v) is 24.0. The second kappa shape index (κ2) is 8.95. The number of nitrogens with zero attached hydrogens (tertiary/aromatic N) is 2. The molecule has 2 aromatic heterocycles. The van der Waals surface area contributed by atoms with Gasteiger partial charge in [-0.2, -0.15) is 0 Å². The van der Waals surface area contributed by atoms with E-state index in [1.165, 1.54) is 60.8 Å². The highest BCUT2D eigenvalue weighted by atomic mass is 14.7. The van der Waals surface area contributed by atoms with Crippen molar-refractivity contribution in [3.63, 3.8) is 0 Å². The molecule has 0 N–H and O–H groups in total. The smallest absolute Gasteiger partial charge is 0.0972 e. The summed E-state index contributed by atoms with van der Waals surface area (Å²) in [6.45, 7) is 0. The van der Waals surface area contributed by atoms with Gasteiger partial charge in [0.25, 0.3) is 0 Å². The molecular weight excluding hydrogens is 532 g/mol. The lowest BCUT2D eigenvalue weighted by atomic mass is 9.77. The molecule has 0 bridgehead atoms. The number of hydrogen-bond donors (Lipinski definition) is 0. The Labute approximate surface area is 255 Å². The Bertz CT molecular complexity index is 2490. The monoisotopic (exact) mass is 558 g/mol. The molecule has 10 rings (SSSR count). The molecule has 44 heavy (non-hydrogen) atoms. The number of fused-ring (bicyclic) bond motifs is 9. The number of benzene rings is 6. The van der Waals surface area contributed by atoms with Gasteiger partial charge >= 0.3 is 0 Å². The minimum absolute atomic E-state index is 0.345. The maximum absolute atomic E-state index is 5.16. The van der Waals surface area contributed by atoms with Crippen molar-refractivity contribution in [2.24, 2.45) is 0 Å². The predicted molar refractivity (Wildman–Crippen MR) is 182 cm³/mol. The minimum atomic E-state index is 0.345. The molecule has 204 valence electrons. The summed E-state index contributed by atoms with van der Waals surface area (Å²) >= 11 is 0. The van der Waals surface area contributed by atoms with E-state index in [1.54, 1.807) is 0 Å². The summed E-state index contributed by atoms with van der Waals surface area (Å²) < 4.78 is 0. The lowest BCUT2D eigenvalue weighted by molar-refractivity contribution is 0.816. The summed E-state index contributed by atoms with van der Waals surface area (Å²) in [5, 5.41) is 4.79. The number of hydrogen-bond acceptors (Lipinski definition) is 2. The van der Waals surface area contributed by atoms with Crippen LogP contribution in [0.3, 0.4) is 0 Å². The third-order valence-corrected chi connectivity index (χ3v) is 9.80. The van der Waals surface area contributed by atoms with Crippen LogP contribution in [-0.4, -0.2) is 9.97 Å². The van der Waals surface area contributed by atoms with Gasteiger partial charge in [-0.3, -0.25) is 4.98 Å². The average molecular weight is 559 g/mol. The van der Waals surface area contributed by atoms with Crippen LogP contribution in [0.25, 0.3) is 77.2 Å². The first-order chi connectivity index (χ1) is 21.8. The van der Waals surface area contributed by atoms with Crippen LogP contribution < -0.4 is 0 Å². The Kier molecular flexibility index (Phi) is 4.86. The van der Waals surface area contributed by atoms with Gasteiger partial charge < -0.3 is 0 Å². The number of rotatable bonds is 2. The Morgan fingerprint density at radius 1 is 0.477 bits per heavy atom. The molecule has 6 aromatic carbocycles. The average Bonchev–Trinajstić information content (AvgIpc) is 3.41. The number of pyridine rings is 2. The summed E-state index contributed by atoms with van der Waals surface area (Å²) in [5.74, 6) is 0.345. The predicted octanol–water partition coefficient (Wildman–Crippen LogP) is 10.6. The van der Waals surface area contributed by atoms with Crippen LogP contribution in [0.1, 0.15) is 22.6 Å². The molecule has 0 spiro atoms. The van der Waals surface area contributed by atoms with Gasteiger partial charge in [-0.15, -0.1) is 0 Å². The molecule has 2 nitrogen and oxygen atoms in total. The van der Waals surface area contributed by atoms with Gasteiger partial charge in [0.05, 0.1) is 16.7 Å². The van der Waals surface area contributed by atoms with Crippen LogP contribution in [0.2, 0.25) is 0 Å². The molecule has 2 aliphatic rings. The minimum Gasteiger partial charge on any atom is -0.254 e. The van der Waals surface area contributed by atoms with E-state index in [-0.39, 0.29) is 0 Å². The van der Waals surface area contributed by atoms with Gasteiger partial charge in [-0.05, 0) is 97.6 Å². The van der Waals surface area contributed by atoms with E-state index >= 15 is 0 Å². The first-order valence-corrected chi connectivity index (χ1v) is 15.3. The quantitative estimate of drug-likeness (QED) is 0.197. The van der Waals surface area contributed by atoms with E-state index in [4.69, 9.17) is 4.98 Å². The van der Waals surface area contributed by atoms with Gasteiger partial charge in [0, 0.05) is 28.5 Å². The van der Waals surface area contributed by atoms with Gasteiger partial charge in [0.1, 0.15) is 0 Å². The Balaban J connectivity index is 1.09. The van der Waals surface area contributed by atoms with Crippen molar-refractivity contribution in [2.45, 2.75) is 12.3 Å². The van der Waals surface area contributed by atoms with Crippen molar-refractivity contribution >= 4 is 32.6 Å². The second-order valence-corrected chi connectivity index (χ2v) is 12.2. The number of aromatic nitrogens is 2. The van der Waals surface area contributed by atoms with E-state index in [0.29, 0.717) is 5.92 Å². The third-order valence-electron chi connectivity index (χ3n) is 9.80. The summed E-state index contributed by atoms with van der Waals surface area (Å²) in [6.07, 6.45) is 2.84. The van der Waals surface area contributed by atoms with Crippen molar-refractivity contribution in [1.82, 2.24) is 9.97 Å². The Morgan fingerprint density at radius 3 is 2.11 bits per heavy atom. The van der Waals surface area contributed by atoms with Crippen LogP contribution in [-0.2, 0) is 6.42 Å². The van der Waals surface area contributed by atoms with Crippen molar-refractivity contribution in [2.75, 3.05) is 0 Å². The van der Waals surface area contributed by atoms with E-state index in [0.717, 1.165) is 39.5 Å². The van der Waals surface area contributed by atoms with E-state index < -0.39 is 0 Å². The van der Waals surface area contributed by atoms with Crippen LogP contribution in [0.15, 0.2) is 140 Å². The van der Waals surface area contributed by atoms with Gasteiger partial charge in [-0.1, -0.05) is 103 Å². The highest BCUT2D eigenvalue weighted by Gasteiger charge is 2.35. The normalized spacial score (nSPS) is 14.5. The molecule has 0 aliphatic heterocycles. The van der Waals surface area contributed by atoms with Crippen LogP contribution in [0.5, 0.6) is 0 Å². The van der Waals surface area contributed by atoms with Crippen molar-refractivity contribution in [3.05, 3.63) is 156 Å². The molecular formula is C42H26N2. The van der Waals surface area contributed by atoms with E-state index in [2.05, 4.69) is 132 Å². The van der Waals surface area contributed by atoms with Crippen molar-refractivity contribution in [1.29, 1.82) is 0 Å². The summed E-state index contributed by atoms with van der Waals surface area (Å²) in [7, 11) is 0. The molecule has 0 radical (unpaired) electrons. The first-order valence-electron chi connectivity index (χ1n) is 15.3. The largest absolute Gasteiger partial charge is 0.254 e. The highest BCUT2D eigenvalue weighted by Crippen LogP contribution is 2.54. The topological polar surface area (TPSA) is 25.8 Å². The summed E-state index contributed by atoms with van der Waals surface area (Å²) in [5.41, 5.74) is 16.4. The molecule has 2 heteroatoms. The second-order valence-electron chi connectivity index (χ2n) is 12.2. The highest BCUT2D eigenvalue weighted by molar-refractivity contribution is 6.03. The molecule has 1 unspecified atom stereocenters. The fraction of sp³-hybridized carbons (Fsp3) is 0.0476. The summed E-state index contributed by atoms with van der Waals surface area (Å²) in [6, 6.07) is 49.0. The standard InChI is InChI=1S/C42H26N2/c1-2-6-28-21-29(13-10-25(28)5-1)30-14-18-34-36-9-3-8-35-33-17-15-31(22-32(33)24-38(40(35)36)37(34)23-30)39-19-16-27-12-11-26-7-4-20-43-41(26)42(27)44-39/h1-23,38H,24H2. The zero-order chi connectivity index (χ0) is 28.8. The van der Waals surface area contributed by atoms with Crippen LogP contribution in [0.4, 0.5) is 0 Å². The Hall–Kier alpha value is -5.60. The Morgan fingerprint density at radius 2 is 1.18 bits per heavy atom. The molecule has 2 aliphatic carbocycles. The van der Waals surface area contributed by atoms with Gasteiger partial charge in [0.2, 0.25) is 0 Å². The molecule has 1 atom stereocenters. The lowest BCUT2D eigenvalue weighted by Crippen LogP contribution is -2.10. The fourth-order valence-corrected chi connectivity index (χ4v) is 7.71. The molecule has 0 saturated carbocycles. The third kappa shape index (κ3) is 3.43. The molecule has 0 amide bonds. The lowest BCUT2D eigenvalue weighted by Gasteiger charge is -2.26. The van der Waals surface area contributed by atoms with Crippen LogP contribution >= 0.6 is 0 Å². The molecule has 2 heterocycles. The SMILES string of the molecule is c1cc2c3c(c1)-c1ccc(-c4ccc5ccccc5c4)cc1C3Cc1cc(-c3ccc4ccc5cccnc5c4n3)ccc1-2. The zero-order valence-electron chi connectivity index (χ0n) is 24.0. The van der Waals surface area contributed by atoms with Gasteiger partial charge in [0.15, 0.2) is 0 Å². The first kappa shape index (κ1) is 23.9. The van der Waals surface area contributed by atoms with Crippen LogP contribution in [0, 0.1) is 0 Å². The summed E-state index contributed by atoms with van der Waals surface area (Å²) in [4.78, 5) is 9.83. The van der Waals surface area contributed by atoms with Crippen molar-refractivity contribution < 1.29 is 0 Å². The fourth-order valence-electron chi connectivity index (χ4n) is 7.71. The maximum atomic E-state index is 5.16. The molecule has 0 fully saturated rings. The molecule has 0 saturated heterocycles. The molecule has 8 aromatic rings. The van der Waals surface area contributed by atoms with Gasteiger partial charge in [-0.25, -0.2) is 4.98 Å². The van der Waals surface area contributed by atoms with E-state index in [1.807, 2.05) is 12.3 Å². The van der Waals surface area contributed by atoms with Crippen molar-refractivity contribution in [3.8, 4) is 44.6 Å².